The van der Waals surface area contributed by atoms with Crippen molar-refractivity contribution in [1.29, 1.82) is 0 Å². The first-order valence-electron chi connectivity index (χ1n) is 10.2. The second-order valence-electron chi connectivity index (χ2n) is 7.58. The fraction of sp³-hybridized carbons (Fsp3) is 0.261. The molecule has 0 radical (unpaired) electrons. The van der Waals surface area contributed by atoms with Crippen molar-refractivity contribution in [1.82, 2.24) is 15.1 Å². The van der Waals surface area contributed by atoms with E-state index >= 15 is 0 Å². The predicted octanol–water partition coefficient (Wildman–Crippen LogP) is 3.75. The summed E-state index contributed by atoms with van der Waals surface area (Å²) in [7, 11) is 0. The van der Waals surface area contributed by atoms with E-state index in [2.05, 4.69) is 10.4 Å². The van der Waals surface area contributed by atoms with E-state index in [4.69, 9.17) is 0 Å². The average Bonchev–Trinajstić information content (AvgIpc) is 3.32. The summed E-state index contributed by atoms with van der Waals surface area (Å²) in [5.41, 5.74) is 1.24. The summed E-state index contributed by atoms with van der Waals surface area (Å²) in [6, 6.07) is 13.4. The maximum Gasteiger partial charge on any atom is 0.274 e. The SMILES string of the molecule is O=C(/C=C/c1ccc([N+](=O)[O-])cc1)NCc1nn(C2CCCC2)c(=O)c2ccccc12. The molecule has 1 aliphatic carbocycles. The number of aromatic nitrogens is 2. The van der Waals surface area contributed by atoms with Crippen molar-refractivity contribution in [3.8, 4) is 0 Å². The minimum absolute atomic E-state index is 0.00283. The summed E-state index contributed by atoms with van der Waals surface area (Å²) in [5, 5.41) is 19.5. The number of carbonyl (C=O) groups excluding carboxylic acids is 1. The summed E-state index contributed by atoms with van der Waals surface area (Å²) >= 11 is 0. The quantitative estimate of drug-likeness (QED) is 0.373. The van der Waals surface area contributed by atoms with Crippen LogP contribution < -0.4 is 10.9 Å². The third kappa shape index (κ3) is 4.53. The lowest BCUT2D eigenvalue weighted by Gasteiger charge is -2.16. The van der Waals surface area contributed by atoms with Gasteiger partial charge in [-0.1, -0.05) is 31.0 Å². The van der Waals surface area contributed by atoms with Crippen LogP contribution in [0.1, 0.15) is 43.0 Å². The maximum absolute atomic E-state index is 12.9. The molecule has 8 heteroatoms. The molecule has 31 heavy (non-hydrogen) atoms. The Morgan fingerprint density at radius 3 is 2.48 bits per heavy atom. The summed E-state index contributed by atoms with van der Waals surface area (Å²) in [6.45, 7) is 0.191. The van der Waals surface area contributed by atoms with E-state index < -0.39 is 4.92 Å². The van der Waals surface area contributed by atoms with E-state index in [1.165, 1.54) is 18.2 Å². The molecule has 0 spiro atoms. The maximum atomic E-state index is 12.9. The highest BCUT2D eigenvalue weighted by molar-refractivity contribution is 5.92. The monoisotopic (exact) mass is 418 g/mol. The second-order valence-corrected chi connectivity index (χ2v) is 7.58. The van der Waals surface area contributed by atoms with Gasteiger partial charge in [0.2, 0.25) is 5.91 Å². The van der Waals surface area contributed by atoms with Gasteiger partial charge >= 0.3 is 0 Å². The first-order chi connectivity index (χ1) is 15.0. The summed E-state index contributed by atoms with van der Waals surface area (Å²) in [4.78, 5) is 35.4. The van der Waals surface area contributed by atoms with Crippen LogP contribution in [0.2, 0.25) is 0 Å². The highest BCUT2D eigenvalue weighted by Gasteiger charge is 2.21. The predicted molar refractivity (Wildman–Crippen MR) is 117 cm³/mol. The molecule has 4 rings (SSSR count). The summed E-state index contributed by atoms with van der Waals surface area (Å²) < 4.78 is 1.59. The Balaban J connectivity index is 1.51. The van der Waals surface area contributed by atoms with Gasteiger partial charge in [-0.3, -0.25) is 19.7 Å². The second kappa shape index (κ2) is 8.91. The minimum Gasteiger partial charge on any atom is -0.347 e. The van der Waals surface area contributed by atoms with E-state index in [-0.39, 0.29) is 29.7 Å². The van der Waals surface area contributed by atoms with E-state index in [9.17, 15) is 19.7 Å². The van der Waals surface area contributed by atoms with Crippen LogP contribution >= 0.6 is 0 Å². The number of nitro benzene ring substituents is 1. The van der Waals surface area contributed by atoms with Crippen LogP contribution in [0.15, 0.2) is 59.4 Å². The Kier molecular flexibility index (Phi) is 5.88. The molecule has 1 aliphatic rings. The Morgan fingerprint density at radius 1 is 1.13 bits per heavy atom. The number of carbonyl (C=O) groups is 1. The van der Waals surface area contributed by atoms with Crippen molar-refractivity contribution in [3.05, 3.63) is 86.3 Å². The number of nitrogens with one attached hydrogen (secondary N) is 1. The van der Waals surface area contributed by atoms with Gasteiger partial charge < -0.3 is 5.32 Å². The number of nitro groups is 1. The molecule has 1 N–H and O–H groups in total. The zero-order valence-corrected chi connectivity index (χ0v) is 16.9. The third-order valence-electron chi connectivity index (χ3n) is 5.54. The Bertz CT molecular complexity index is 1210. The molecule has 1 fully saturated rings. The third-order valence-corrected chi connectivity index (χ3v) is 5.54. The fourth-order valence-corrected chi connectivity index (χ4v) is 3.91. The van der Waals surface area contributed by atoms with E-state index in [0.29, 0.717) is 16.6 Å². The van der Waals surface area contributed by atoms with Crippen LogP contribution in [0.3, 0.4) is 0 Å². The normalized spacial score (nSPS) is 14.3. The first-order valence-corrected chi connectivity index (χ1v) is 10.2. The number of rotatable bonds is 6. The molecule has 0 bridgehead atoms. The summed E-state index contributed by atoms with van der Waals surface area (Å²) in [6.07, 6.45) is 7.01. The van der Waals surface area contributed by atoms with Gasteiger partial charge in [0.15, 0.2) is 0 Å². The molecule has 8 nitrogen and oxygen atoms in total. The number of benzene rings is 2. The number of hydrogen-bond acceptors (Lipinski definition) is 5. The topological polar surface area (TPSA) is 107 Å². The molecule has 1 amide bonds. The molecule has 0 saturated heterocycles. The number of non-ortho nitro benzene ring substituents is 1. The molecule has 0 atom stereocenters. The number of hydrogen-bond donors (Lipinski definition) is 1. The van der Waals surface area contributed by atoms with Crippen LogP contribution in [0.25, 0.3) is 16.8 Å². The number of nitrogens with zero attached hydrogens (tertiary/aromatic N) is 3. The van der Waals surface area contributed by atoms with Crippen molar-refractivity contribution in [2.45, 2.75) is 38.3 Å². The van der Waals surface area contributed by atoms with Crippen molar-refractivity contribution >= 4 is 28.4 Å². The average molecular weight is 418 g/mol. The van der Waals surface area contributed by atoms with Crippen molar-refractivity contribution in [2.24, 2.45) is 0 Å². The van der Waals surface area contributed by atoms with E-state index in [1.54, 1.807) is 29.0 Å². The van der Waals surface area contributed by atoms with Crippen molar-refractivity contribution in [2.75, 3.05) is 0 Å². The molecular formula is C23H22N4O4. The lowest BCUT2D eigenvalue weighted by molar-refractivity contribution is -0.384. The zero-order chi connectivity index (χ0) is 21.8. The largest absolute Gasteiger partial charge is 0.347 e. The van der Waals surface area contributed by atoms with Gasteiger partial charge in [0, 0.05) is 23.6 Å². The van der Waals surface area contributed by atoms with Crippen LogP contribution in [-0.4, -0.2) is 20.6 Å². The van der Waals surface area contributed by atoms with Gasteiger partial charge in [0.1, 0.15) is 0 Å². The molecule has 158 valence electrons. The van der Waals surface area contributed by atoms with E-state index in [0.717, 1.165) is 31.1 Å². The van der Waals surface area contributed by atoms with Crippen LogP contribution in [0.5, 0.6) is 0 Å². The fourth-order valence-electron chi connectivity index (χ4n) is 3.91. The number of fused-ring (bicyclic) bond motifs is 1. The molecule has 1 aromatic heterocycles. The number of amides is 1. The van der Waals surface area contributed by atoms with Crippen LogP contribution in [0.4, 0.5) is 5.69 Å². The Hall–Kier alpha value is -3.81. The van der Waals surface area contributed by atoms with Crippen molar-refractivity contribution < 1.29 is 9.72 Å². The lowest BCUT2D eigenvalue weighted by atomic mass is 10.1. The van der Waals surface area contributed by atoms with E-state index in [1.807, 2.05) is 18.2 Å². The van der Waals surface area contributed by atoms with Gasteiger partial charge in [0.25, 0.3) is 11.2 Å². The highest BCUT2D eigenvalue weighted by Crippen LogP contribution is 2.28. The molecule has 1 saturated carbocycles. The van der Waals surface area contributed by atoms with Gasteiger partial charge in [-0.15, -0.1) is 0 Å². The molecule has 1 heterocycles. The standard InChI is InChI=1S/C23H22N4O4/c28-22(14-11-16-9-12-18(13-10-16)27(30)31)24-15-21-19-7-3-4-8-20(19)23(29)26(25-21)17-5-1-2-6-17/h3-4,7-14,17H,1-2,5-6,15H2,(H,24,28)/b14-11+. The van der Waals surface area contributed by atoms with Gasteiger partial charge in [-0.25, -0.2) is 4.68 Å². The Morgan fingerprint density at radius 2 is 1.81 bits per heavy atom. The minimum atomic E-state index is -0.470. The van der Waals surface area contributed by atoms with Crippen LogP contribution in [0, 0.1) is 10.1 Å². The first kappa shape index (κ1) is 20.5. The lowest BCUT2D eigenvalue weighted by Crippen LogP contribution is -2.30. The highest BCUT2D eigenvalue weighted by atomic mass is 16.6. The molecule has 0 unspecified atom stereocenters. The van der Waals surface area contributed by atoms with Crippen molar-refractivity contribution in [3.63, 3.8) is 0 Å². The molecule has 2 aromatic carbocycles. The Labute approximate surface area is 178 Å². The smallest absolute Gasteiger partial charge is 0.274 e. The molecular weight excluding hydrogens is 396 g/mol. The summed E-state index contributed by atoms with van der Waals surface area (Å²) in [5.74, 6) is -0.317. The van der Waals surface area contributed by atoms with Gasteiger partial charge in [-0.2, -0.15) is 5.10 Å². The molecule has 3 aromatic rings. The van der Waals surface area contributed by atoms with Crippen LogP contribution in [-0.2, 0) is 11.3 Å². The molecule has 0 aliphatic heterocycles. The van der Waals surface area contributed by atoms with Gasteiger partial charge in [0.05, 0.1) is 28.6 Å². The van der Waals surface area contributed by atoms with Gasteiger partial charge in [-0.05, 0) is 42.7 Å². The zero-order valence-electron chi connectivity index (χ0n) is 16.9.